The number of hydrogen-bond donors (Lipinski definition) is 1. The van der Waals surface area contributed by atoms with Crippen LogP contribution in [0.25, 0.3) is 5.69 Å². The average molecular weight is 460 g/mol. The molecule has 10 heteroatoms. The summed E-state index contributed by atoms with van der Waals surface area (Å²) in [6, 6.07) is 12.6. The highest BCUT2D eigenvalue weighted by Crippen LogP contribution is 2.31. The van der Waals surface area contributed by atoms with Crippen molar-refractivity contribution in [2.45, 2.75) is 25.7 Å². The fourth-order valence-electron chi connectivity index (χ4n) is 2.88. The Labute approximate surface area is 187 Å². The molecule has 1 aromatic heterocycles. The highest BCUT2D eigenvalue weighted by Gasteiger charge is 2.18. The minimum absolute atomic E-state index is 0.0552. The van der Waals surface area contributed by atoms with Crippen molar-refractivity contribution in [3.63, 3.8) is 0 Å². The van der Waals surface area contributed by atoms with E-state index in [1.165, 1.54) is 16.8 Å². The number of nitrogens with zero attached hydrogens (tertiary/aromatic N) is 2. The van der Waals surface area contributed by atoms with Gasteiger partial charge >= 0.3 is 5.97 Å². The number of esters is 1. The second-order valence-electron chi connectivity index (χ2n) is 6.49. The van der Waals surface area contributed by atoms with Crippen molar-refractivity contribution >= 4 is 21.7 Å². The number of rotatable bonds is 10. The monoisotopic (exact) mass is 459 g/mol. The van der Waals surface area contributed by atoms with E-state index >= 15 is 0 Å². The first kappa shape index (κ1) is 23.1. The lowest BCUT2D eigenvalue weighted by Gasteiger charge is -2.13. The molecular formula is C22H25N3O6S. The molecule has 0 saturated carbocycles. The van der Waals surface area contributed by atoms with Crippen molar-refractivity contribution in [2.75, 3.05) is 24.5 Å². The van der Waals surface area contributed by atoms with Gasteiger partial charge in [-0.2, -0.15) is 5.10 Å². The SMILES string of the molecule is CCOC(=O)c1ccn(-c2ccc(NS(=O)(=O)c3ccc(OCC)c(OCC)c3)cc2)n1. The van der Waals surface area contributed by atoms with Crippen LogP contribution in [0.5, 0.6) is 11.5 Å². The third-order valence-corrected chi connectivity index (χ3v) is 5.66. The Balaban J connectivity index is 1.77. The quantitative estimate of drug-likeness (QED) is 0.461. The normalized spacial score (nSPS) is 11.1. The molecule has 0 atom stereocenters. The van der Waals surface area contributed by atoms with E-state index in [1.54, 1.807) is 49.5 Å². The molecule has 0 spiro atoms. The number of benzene rings is 2. The van der Waals surface area contributed by atoms with Crippen LogP contribution in [0.1, 0.15) is 31.3 Å². The number of sulfonamides is 1. The molecule has 0 unspecified atom stereocenters. The Kier molecular flexibility index (Phi) is 7.37. The Morgan fingerprint density at radius 1 is 0.938 bits per heavy atom. The standard InChI is InChI=1S/C22H25N3O6S/c1-4-29-20-12-11-18(15-21(20)30-5-2)32(27,28)24-16-7-9-17(10-8-16)25-14-13-19(23-25)22(26)31-6-3/h7-15,24H,4-6H2,1-3H3. The van der Waals surface area contributed by atoms with Gasteiger partial charge in [0, 0.05) is 18.0 Å². The highest BCUT2D eigenvalue weighted by atomic mass is 32.2. The molecule has 0 radical (unpaired) electrons. The van der Waals surface area contributed by atoms with Gasteiger partial charge in [0.15, 0.2) is 17.2 Å². The third-order valence-electron chi connectivity index (χ3n) is 4.28. The lowest BCUT2D eigenvalue weighted by atomic mass is 10.3. The molecule has 0 fully saturated rings. The number of carbonyl (C=O) groups excluding carboxylic acids is 1. The van der Waals surface area contributed by atoms with Gasteiger partial charge in [-0.15, -0.1) is 0 Å². The summed E-state index contributed by atoms with van der Waals surface area (Å²) in [6.07, 6.45) is 1.63. The lowest BCUT2D eigenvalue weighted by molar-refractivity contribution is 0.0519. The Bertz CT molecular complexity index is 1170. The Morgan fingerprint density at radius 2 is 1.62 bits per heavy atom. The Hall–Kier alpha value is -3.53. The molecule has 1 heterocycles. The largest absolute Gasteiger partial charge is 0.490 e. The van der Waals surface area contributed by atoms with Gasteiger partial charge in [-0.25, -0.2) is 17.9 Å². The van der Waals surface area contributed by atoms with E-state index in [0.717, 1.165) is 0 Å². The van der Waals surface area contributed by atoms with Crippen molar-refractivity contribution in [3.8, 4) is 17.2 Å². The van der Waals surface area contributed by atoms with Gasteiger partial charge in [0.2, 0.25) is 0 Å². The van der Waals surface area contributed by atoms with Crippen LogP contribution in [0.3, 0.4) is 0 Å². The predicted octanol–water partition coefficient (Wildman–Crippen LogP) is 3.65. The number of anilines is 1. The summed E-state index contributed by atoms with van der Waals surface area (Å²) in [7, 11) is -3.85. The molecule has 0 saturated heterocycles. The maximum atomic E-state index is 12.8. The topological polar surface area (TPSA) is 109 Å². The van der Waals surface area contributed by atoms with E-state index < -0.39 is 16.0 Å². The van der Waals surface area contributed by atoms with Crippen LogP contribution in [0.2, 0.25) is 0 Å². The van der Waals surface area contributed by atoms with Gasteiger partial charge in [-0.1, -0.05) is 0 Å². The molecule has 3 rings (SSSR count). The van der Waals surface area contributed by atoms with Crippen LogP contribution < -0.4 is 14.2 Å². The zero-order valence-electron chi connectivity index (χ0n) is 18.1. The summed E-state index contributed by atoms with van der Waals surface area (Å²) < 4.78 is 45.7. The Morgan fingerprint density at radius 3 is 2.28 bits per heavy atom. The highest BCUT2D eigenvalue weighted by molar-refractivity contribution is 7.92. The summed E-state index contributed by atoms with van der Waals surface area (Å²) in [5, 5.41) is 4.18. The van der Waals surface area contributed by atoms with E-state index in [4.69, 9.17) is 14.2 Å². The number of nitrogens with one attached hydrogen (secondary N) is 1. The van der Waals surface area contributed by atoms with Crippen molar-refractivity contribution < 1.29 is 27.4 Å². The zero-order chi connectivity index (χ0) is 23.1. The van der Waals surface area contributed by atoms with Crippen LogP contribution in [0, 0.1) is 0 Å². The van der Waals surface area contributed by atoms with Gasteiger partial charge < -0.3 is 14.2 Å². The van der Waals surface area contributed by atoms with Crippen molar-refractivity contribution in [1.82, 2.24) is 9.78 Å². The summed E-state index contributed by atoms with van der Waals surface area (Å²) in [5.41, 5.74) is 1.22. The van der Waals surface area contributed by atoms with Gasteiger partial charge in [0.25, 0.3) is 10.0 Å². The molecule has 0 aliphatic carbocycles. The zero-order valence-corrected chi connectivity index (χ0v) is 18.9. The summed E-state index contributed by atoms with van der Waals surface area (Å²) in [4.78, 5) is 11.8. The van der Waals surface area contributed by atoms with Crippen LogP contribution in [0.15, 0.2) is 59.6 Å². The van der Waals surface area contributed by atoms with Crippen molar-refractivity contribution in [1.29, 1.82) is 0 Å². The summed E-state index contributed by atoms with van der Waals surface area (Å²) in [6.45, 7) is 6.46. The van der Waals surface area contributed by atoms with E-state index in [-0.39, 0.29) is 17.2 Å². The molecule has 3 aromatic rings. The molecular weight excluding hydrogens is 434 g/mol. The van der Waals surface area contributed by atoms with Gasteiger partial charge in [0.05, 0.1) is 30.4 Å². The van der Waals surface area contributed by atoms with Crippen molar-refractivity contribution in [3.05, 3.63) is 60.4 Å². The smallest absolute Gasteiger partial charge is 0.358 e. The number of aromatic nitrogens is 2. The minimum atomic E-state index is -3.85. The van der Waals surface area contributed by atoms with Gasteiger partial charge in [0.1, 0.15) is 0 Å². The van der Waals surface area contributed by atoms with E-state index in [2.05, 4.69) is 9.82 Å². The average Bonchev–Trinajstić information content (AvgIpc) is 3.26. The number of carbonyl (C=O) groups is 1. The molecule has 2 aromatic carbocycles. The molecule has 32 heavy (non-hydrogen) atoms. The molecule has 9 nitrogen and oxygen atoms in total. The fraction of sp³-hybridized carbons (Fsp3) is 0.273. The van der Waals surface area contributed by atoms with Crippen LogP contribution in [-0.4, -0.2) is 44.0 Å². The third kappa shape index (κ3) is 5.38. The first-order valence-electron chi connectivity index (χ1n) is 10.1. The molecule has 0 bridgehead atoms. The molecule has 0 aliphatic rings. The van der Waals surface area contributed by atoms with Gasteiger partial charge in [-0.05, 0) is 63.2 Å². The van der Waals surface area contributed by atoms with Crippen LogP contribution in [-0.2, 0) is 14.8 Å². The van der Waals surface area contributed by atoms with E-state index in [9.17, 15) is 13.2 Å². The van der Waals surface area contributed by atoms with Crippen molar-refractivity contribution in [2.24, 2.45) is 0 Å². The first-order chi connectivity index (χ1) is 15.4. The number of ether oxygens (including phenoxy) is 3. The van der Waals surface area contributed by atoms with E-state index in [0.29, 0.717) is 36.1 Å². The molecule has 1 N–H and O–H groups in total. The summed E-state index contributed by atoms with van der Waals surface area (Å²) in [5.74, 6) is 0.347. The summed E-state index contributed by atoms with van der Waals surface area (Å²) >= 11 is 0. The van der Waals surface area contributed by atoms with E-state index in [1.807, 2.05) is 13.8 Å². The first-order valence-corrected chi connectivity index (χ1v) is 11.6. The second kappa shape index (κ2) is 10.2. The second-order valence-corrected chi connectivity index (χ2v) is 8.18. The van der Waals surface area contributed by atoms with Crippen LogP contribution in [0.4, 0.5) is 5.69 Å². The number of hydrogen-bond acceptors (Lipinski definition) is 7. The molecule has 170 valence electrons. The van der Waals surface area contributed by atoms with Gasteiger partial charge in [-0.3, -0.25) is 4.72 Å². The minimum Gasteiger partial charge on any atom is -0.490 e. The molecule has 0 aliphatic heterocycles. The molecule has 0 amide bonds. The predicted molar refractivity (Wildman–Crippen MR) is 119 cm³/mol. The maximum Gasteiger partial charge on any atom is 0.358 e. The van der Waals surface area contributed by atoms with Crippen LogP contribution >= 0.6 is 0 Å². The lowest BCUT2D eigenvalue weighted by Crippen LogP contribution is -2.13. The maximum absolute atomic E-state index is 12.8. The fourth-order valence-corrected chi connectivity index (χ4v) is 3.95.